The van der Waals surface area contributed by atoms with Gasteiger partial charge in [-0.3, -0.25) is 0 Å². The molecule has 24 heteroatoms. The quantitative estimate of drug-likeness (QED) is 0.146. The molecule has 36 heavy (non-hydrogen) atoms. The Morgan fingerprint density at radius 2 is 1.47 bits per heavy atom. The highest BCUT2D eigenvalue weighted by Gasteiger charge is 2.53. The van der Waals surface area contributed by atoms with Gasteiger partial charge in [0.1, 0.15) is 36.2 Å². The first-order valence-electron chi connectivity index (χ1n) is 8.46. The number of aliphatic hydroxyl groups excluding tert-OH is 2. The smallest absolute Gasteiger partial charge is 0.387 e. The molecule has 1 aliphatic rings. The number of nitrogens with two attached hydrogens (primary N) is 1. The third kappa shape index (κ3) is 12.3. The van der Waals surface area contributed by atoms with Crippen molar-refractivity contribution in [2.75, 3.05) is 5.73 Å². The van der Waals surface area contributed by atoms with Crippen LogP contribution >= 0.6 is 23.5 Å². The number of anilines is 1. The van der Waals surface area contributed by atoms with E-state index >= 15 is 0 Å². The molecule has 0 aromatic carbocycles. The van der Waals surface area contributed by atoms with Crippen molar-refractivity contribution in [3.05, 3.63) is 23.9 Å². The summed E-state index contributed by atoms with van der Waals surface area (Å²) in [7, 11) is -13.9. The Kier molecular flexibility index (Phi) is 11.9. The summed E-state index contributed by atoms with van der Waals surface area (Å²) in [5.41, 5.74) is 4.09. The second-order valence-corrected chi connectivity index (χ2v) is 9.64. The van der Waals surface area contributed by atoms with E-state index in [-0.39, 0.29) is 17.0 Å². The van der Waals surface area contributed by atoms with Crippen molar-refractivity contribution in [2.45, 2.75) is 30.8 Å². The molecular formula is C12H21FN5O15P3. The molecule has 0 unspecified atom stereocenters. The molecule has 4 atom stereocenters. The van der Waals surface area contributed by atoms with Gasteiger partial charge in [-0.25, -0.2) is 27.6 Å². The normalized spacial score (nSPS) is 23.8. The van der Waals surface area contributed by atoms with Crippen LogP contribution in [0.15, 0.2) is 12.4 Å². The van der Waals surface area contributed by atoms with Crippen molar-refractivity contribution in [1.82, 2.24) is 14.6 Å². The maximum Gasteiger partial charge on any atom is 0.466 e. The number of aromatic nitrogens is 3. The van der Waals surface area contributed by atoms with Crippen molar-refractivity contribution in [2.24, 2.45) is 0 Å². The van der Waals surface area contributed by atoms with Gasteiger partial charge in [-0.15, -0.1) is 0 Å². The zero-order valence-corrected chi connectivity index (χ0v) is 20.2. The van der Waals surface area contributed by atoms with Gasteiger partial charge in [0.25, 0.3) is 0 Å². The summed E-state index contributed by atoms with van der Waals surface area (Å²) in [6, 6.07) is 2.88. The van der Waals surface area contributed by atoms with Crippen LogP contribution < -0.4 is 5.73 Å². The first-order valence-corrected chi connectivity index (χ1v) is 13.2. The van der Waals surface area contributed by atoms with E-state index in [2.05, 4.69) is 10.1 Å². The summed E-state index contributed by atoms with van der Waals surface area (Å²) < 4.78 is 47.2. The number of ether oxygens (including phenoxy) is 1. The molecule has 3 rings (SSSR count). The number of hydrogen-bond acceptors (Lipinski definition) is 10. The molecule has 0 saturated carbocycles. The molecule has 2 aromatic heterocycles. The number of hydrogen-bond donors (Lipinski definition) is 12. The average molecular weight is 587 g/mol. The van der Waals surface area contributed by atoms with Crippen LogP contribution in [0.25, 0.3) is 5.52 Å². The summed E-state index contributed by atoms with van der Waals surface area (Å²) in [6.45, 7) is 1.34. The van der Waals surface area contributed by atoms with Crippen LogP contribution in [0.3, 0.4) is 0 Å². The molecule has 0 aliphatic carbocycles. The van der Waals surface area contributed by atoms with Crippen molar-refractivity contribution in [3.63, 3.8) is 0 Å². The lowest BCUT2D eigenvalue weighted by molar-refractivity contribution is -0.0321. The number of aliphatic hydroxyl groups is 2. The van der Waals surface area contributed by atoms with E-state index in [4.69, 9.17) is 73.5 Å². The number of nitrogen functional groups attached to an aromatic ring is 1. The largest absolute Gasteiger partial charge is 0.466 e. The molecule has 0 spiro atoms. The maximum atomic E-state index is 14.0. The SMILES string of the molecule is C[C@]1(C#N)O[C@@H](c2cc(F)c3c(N)ncnn23)[C@H](O)[C@@H]1O.O=P(O)(O)O.O=P(O)(O)O.O=P(O)(O)O. The third-order valence-electron chi connectivity index (χ3n) is 3.65. The van der Waals surface area contributed by atoms with Gasteiger partial charge >= 0.3 is 23.5 Å². The van der Waals surface area contributed by atoms with Gasteiger partial charge in [0.05, 0.1) is 5.69 Å². The zero-order chi connectivity index (χ0) is 28.9. The Morgan fingerprint density at radius 3 is 1.83 bits per heavy atom. The van der Waals surface area contributed by atoms with Gasteiger partial charge in [0.15, 0.2) is 17.2 Å². The molecule has 0 bridgehead atoms. The number of halogens is 1. The molecule has 2 aromatic rings. The van der Waals surface area contributed by atoms with Crippen molar-refractivity contribution < 1.29 is 77.1 Å². The van der Waals surface area contributed by atoms with Gasteiger partial charge in [0.2, 0.25) is 0 Å². The predicted octanol–water partition coefficient (Wildman–Crippen LogP) is -3.26. The second-order valence-electron chi connectivity index (χ2n) is 6.56. The number of nitriles is 1. The minimum absolute atomic E-state index is 0.0525. The molecule has 13 N–H and O–H groups in total. The first-order chi connectivity index (χ1) is 15.9. The van der Waals surface area contributed by atoms with E-state index in [1.807, 2.05) is 0 Å². The van der Waals surface area contributed by atoms with Crippen LogP contribution in [0.4, 0.5) is 10.2 Å². The summed E-state index contributed by atoms with van der Waals surface area (Å²) in [5, 5.41) is 32.9. The van der Waals surface area contributed by atoms with Crippen molar-refractivity contribution in [1.29, 1.82) is 5.26 Å². The predicted molar refractivity (Wildman–Crippen MR) is 110 cm³/mol. The summed E-state index contributed by atoms with van der Waals surface area (Å²) >= 11 is 0. The molecule has 1 aliphatic heterocycles. The molecule has 0 radical (unpaired) electrons. The van der Waals surface area contributed by atoms with Crippen LogP contribution in [-0.2, 0) is 18.4 Å². The average Bonchev–Trinajstić information content (AvgIpc) is 3.09. The summed E-state index contributed by atoms with van der Waals surface area (Å²) in [6.07, 6.45) is -2.81. The van der Waals surface area contributed by atoms with Crippen LogP contribution in [0.5, 0.6) is 0 Å². The Morgan fingerprint density at radius 1 is 1.06 bits per heavy atom. The van der Waals surface area contributed by atoms with E-state index in [9.17, 15) is 14.6 Å². The molecule has 0 amide bonds. The van der Waals surface area contributed by atoms with E-state index < -0.39 is 53.2 Å². The summed E-state index contributed by atoms with van der Waals surface area (Å²) in [5.74, 6) is -0.746. The zero-order valence-electron chi connectivity index (χ0n) is 17.5. The first kappa shape index (κ1) is 34.0. The fraction of sp³-hybridized carbons (Fsp3) is 0.417. The highest BCUT2D eigenvalue weighted by molar-refractivity contribution is 7.45. The van der Waals surface area contributed by atoms with Gasteiger partial charge < -0.3 is 64.7 Å². The van der Waals surface area contributed by atoms with Crippen LogP contribution in [0.1, 0.15) is 18.7 Å². The lowest BCUT2D eigenvalue weighted by atomic mass is 9.97. The molecular weight excluding hydrogens is 566 g/mol. The number of fused-ring (bicyclic) bond motifs is 1. The van der Waals surface area contributed by atoms with Gasteiger partial charge in [-0.2, -0.15) is 10.4 Å². The second kappa shape index (κ2) is 12.5. The molecule has 1 saturated heterocycles. The minimum atomic E-state index is -4.64. The number of phosphoric acid groups is 3. The van der Waals surface area contributed by atoms with E-state index in [1.54, 1.807) is 6.07 Å². The minimum Gasteiger partial charge on any atom is -0.387 e. The topological polar surface area (TPSA) is 363 Å². The standard InChI is InChI=1S/C12H12FN5O3.3H3O4P/c1-12(3-14)10(20)8(19)9(21-12)6-2-5(13)7-11(15)16-4-17-18(6)7;3*1-5(2,3)4/h2,4,8-10,19-20H,1H3,(H2,15,16,17);3*(H3,1,2,3,4)/t8-,9-,10-,12+;;;/m0.../s1. The maximum absolute atomic E-state index is 14.0. The lowest BCUT2D eigenvalue weighted by Gasteiger charge is -2.18. The Hall–Kier alpha value is -1.95. The van der Waals surface area contributed by atoms with E-state index in [0.717, 1.165) is 16.9 Å². The Bertz CT molecular complexity index is 1150. The number of nitrogens with zero attached hydrogens (tertiary/aromatic N) is 4. The van der Waals surface area contributed by atoms with Gasteiger partial charge in [-0.05, 0) is 6.92 Å². The fourth-order valence-electron chi connectivity index (χ4n) is 2.47. The van der Waals surface area contributed by atoms with Gasteiger partial charge in [-0.1, -0.05) is 0 Å². The Balaban J connectivity index is 0.000000672. The van der Waals surface area contributed by atoms with Crippen molar-refractivity contribution in [3.8, 4) is 6.07 Å². The fourth-order valence-corrected chi connectivity index (χ4v) is 2.47. The van der Waals surface area contributed by atoms with E-state index in [0.29, 0.717) is 0 Å². The highest BCUT2D eigenvalue weighted by atomic mass is 31.2. The summed E-state index contributed by atoms with van der Waals surface area (Å²) in [4.78, 5) is 68.4. The molecule has 20 nitrogen and oxygen atoms in total. The van der Waals surface area contributed by atoms with Gasteiger partial charge in [0, 0.05) is 6.07 Å². The lowest BCUT2D eigenvalue weighted by Crippen LogP contribution is -2.38. The third-order valence-corrected chi connectivity index (χ3v) is 3.65. The monoisotopic (exact) mass is 587 g/mol. The Labute approximate surface area is 199 Å². The van der Waals surface area contributed by atoms with Crippen LogP contribution in [0, 0.1) is 17.1 Å². The molecule has 3 heterocycles. The molecule has 1 fully saturated rings. The van der Waals surface area contributed by atoms with Crippen molar-refractivity contribution >= 4 is 34.8 Å². The molecule has 206 valence electrons. The number of rotatable bonds is 1. The van der Waals surface area contributed by atoms with Crippen LogP contribution in [0.2, 0.25) is 0 Å². The highest BCUT2D eigenvalue weighted by Crippen LogP contribution is 2.40. The van der Waals surface area contributed by atoms with Crippen LogP contribution in [-0.4, -0.2) is 86.7 Å². The van der Waals surface area contributed by atoms with E-state index in [1.165, 1.54) is 6.92 Å².